The molecule has 1 saturated heterocycles. The van der Waals surface area contributed by atoms with E-state index in [4.69, 9.17) is 5.84 Å². The lowest BCUT2D eigenvalue weighted by atomic mass is 10.1. The van der Waals surface area contributed by atoms with Crippen molar-refractivity contribution in [2.45, 2.75) is 25.1 Å². The van der Waals surface area contributed by atoms with E-state index < -0.39 is 0 Å². The molecule has 4 nitrogen and oxygen atoms in total. The molecule has 5 heteroatoms. The van der Waals surface area contributed by atoms with Gasteiger partial charge < -0.3 is 5.43 Å². The van der Waals surface area contributed by atoms with Crippen LogP contribution in [0.2, 0.25) is 0 Å². The van der Waals surface area contributed by atoms with Crippen molar-refractivity contribution in [3.05, 3.63) is 35.9 Å². The molecule has 1 aliphatic heterocycles. The highest BCUT2D eigenvalue weighted by atomic mass is 32.2. The lowest BCUT2D eigenvalue weighted by molar-refractivity contribution is 0.253. The minimum Gasteiger partial charge on any atom is -0.308 e. The summed E-state index contributed by atoms with van der Waals surface area (Å²) in [4.78, 5) is 7.12. The summed E-state index contributed by atoms with van der Waals surface area (Å²) in [6.45, 7) is 7.72. The Balaban J connectivity index is 1.88. The van der Waals surface area contributed by atoms with Crippen molar-refractivity contribution in [1.82, 2.24) is 9.88 Å². The van der Waals surface area contributed by atoms with E-state index in [-0.39, 0.29) is 0 Å². The number of para-hydroxylation sites is 1. The topological polar surface area (TPSA) is 54.2 Å². The van der Waals surface area contributed by atoms with Crippen molar-refractivity contribution in [3.8, 4) is 0 Å². The standard InChI is InChI=1S/C16H22N4S/c1-16(2)11-20(7-8-21-16)10-13-9-12-5-3-4-6-14(12)18-15(13)19-17/h3-6,9H,7-8,10-11,17H2,1-2H3,(H,18,19). The molecule has 3 N–H and O–H groups in total. The van der Waals surface area contributed by atoms with Gasteiger partial charge in [0.15, 0.2) is 0 Å². The molecular formula is C16H22N4S. The molecule has 1 aromatic heterocycles. The number of aromatic nitrogens is 1. The first-order valence-corrected chi connectivity index (χ1v) is 8.27. The summed E-state index contributed by atoms with van der Waals surface area (Å²) in [6.07, 6.45) is 0. The van der Waals surface area contributed by atoms with Crippen molar-refractivity contribution >= 4 is 28.5 Å². The number of thioether (sulfide) groups is 1. The van der Waals surface area contributed by atoms with E-state index in [0.29, 0.717) is 4.75 Å². The van der Waals surface area contributed by atoms with Crippen LogP contribution in [-0.2, 0) is 6.54 Å². The van der Waals surface area contributed by atoms with Gasteiger partial charge in [-0.3, -0.25) is 4.90 Å². The summed E-state index contributed by atoms with van der Waals surface area (Å²) >= 11 is 2.05. The summed E-state index contributed by atoms with van der Waals surface area (Å²) in [5, 5.41) is 1.16. The van der Waals surface area contributed by atoms with Gasteiger partial charge >= 0.3 is 0 Å². The van der Waals surface area contributed by atoms with Crippen LogP contribution in [0.4, 0.5) is 5.82 Å². The molecule has 0 saturated carbocycles. The van der Waals surface area contributed by atoms with Crippen LogP contribution in [0.5, 0.6) is 0 Å². The fourth-order valence-electron chi connectivity index (χ4n) is 2.90. The average molecular weight is 302 g/mol. The molecule has 2 heterocycles. The van der Waals surface area contributed by atoms with Crippen LogP contribution in [0.15, 0.2) is 30.3 Å². The number of benzene rings is 1. The highest BCUT2D eigenvalue weighted by Crippen LogP contribution is 2.31. The molecule has 21 heavy (non-hydrogen) atoms. The van der Waals surface area contributed by atoms with Crippen LogP contribution in [0.1, 0.15) is 19.4 Å². The van der Waals surface area contributed by atoms with Gasteiger partial charge in [-0.1, -0.05) is 18.2 Å². The second-order valence-electron chi connectivity index (χ2n) is 6.15. The highest BCUT2D eigenvalue weighted by Gasteiger charge is 2.27. The molecule has 0 radical (unpaired) electrons. The molecular weight excluding hydrogens is 280 g/mol. The van der Waals surface area contributed by atoms with Gasteiger partial charge in [0.1, 0.15) is 5.82 Å². The van der Waals surface area contributed by atoms with Gasteiger partial charge in [0, 0.05) is 41.1 Å². The van der Waals surface area contributed by atoms with E-state index in [0.717, 1.165) is 36.4 Å². The summed E-state index contributed by atoms with van der Waals surface area (Å²) < 4.78 is 0.318. The first-order chi connectivity index (χ1) is 10.1. The molecule has 0 spiro atoms. The molecule has 0 atom stereocenters. The maximum atomic E-state index is 5.66. The van der Waals surface area contributed by atoms with Crippen molar-refractivity contribution in [2.24, 2.45) is 5.84 Å². The largest absolute Gasteiger partial charge is 0.308 e. The third-order valence-corrected chi connectivity index (χ3v) is 5.14. The molecule has 3 rings (SSSR count). The molecule has 2 aromatic rings. The summed E-state index contributed by atoms with van der Waals surface area (Å²) in [7, 11) is 0. The Labute approximate surface area is 130 Å². The zero-order chi connectivity index (χ0) is 14.9. The maximum absolute atomic E-state index is 5.66. The minimum absolute atomic E-state index is 0.318. The Morgan fingerprint density at radius 1 is 1.38 bits per heavy atom. The van der Waals surface area contributed by atoms with Gasteiger partial charge in [-0.25, -0.2) is 10.8 Å². The van der Waals surface area contributed by atoms with E-state index in [9.17, 15) is 0 Å². The Morgan fingerprint density at radius 3 is 2.95 bits per heavy atom. The number of rotatable bonds is 3. The van der Waals surface area contributed by atoms with Gasteiger partial charge in [0.05, 0.1) is 5.52 Å². The zero-order valence-corrected chi connectivity index (χ0v) is 13.4. The second-order valence-corrected chi connectivity index (χ2v) is 7.95. The van der Waals surface area contributed by atoms with Crippen LogP contribution in [0, 0.1) is 0 Å². The molecule has 0 aliphatic carbocycles. The van der Waals surface area contributed by atoms with Crippen molar-refractivity contribution in [2.75, 3.05) is 24.3 Å². The van der Waals surface area contributed by atoms with E-state index >= 15 is 0 Å². The van der Waals surface area contributed by atoms with E-state index in [1.807, 2.05) is 30.0 Å². The molecule has 1 fully saturated rings. The fraction of sp³-hybridized carbons (Fsp3) is 0.438. The summed E-state index contributed by atoms with van der Waals surface area (Å²) in [5.41, 5.74) is 4.90. The van der Waals surface area contributed by atoms with Crippen LogP contribution < -0.4 is 11.3 Å². The number of nitrogens with two attached hydrogens (primary N) is 1. The van der Waals surface area contributed by atoms with Gasteiger partial charge in [0.25, 0.3) is 0 Å². The van der Waals surface area contributed by atoms with E-state index in [1.54, 1.807) is 0 Å². The molecule has 0 amide bonds. The Morgan fingerprint density at radius 2 is 2.19 bits per heavy atom. The molecule has 1 aliphatic rings. The van der Waals surface area contributed by atoms with Crippen LogP contribution in [0.3, 0.4) is 0 Å². The lowest BCUT2D eigenvalue weighted by Gasteiger charge is -2.37. The van der Waals surface area contributed by atoms with Gasteiger partial charge in [-0.2, -0.15) is 11.8 Å². The average Bonchev–Trinajstić information content (AvgIpc) is 2.45. The predicted molar refractivity (Wildman–Crippen MR) is 91.4 cm³/mol. The highest BCUT2D eigenvalue weighted by molar-refractivity contribution is 8.00. The predicted octanol–water partition coefficient (Wildman–Crippen LogP) is 2.85. The van der Waals surface area contributed by atoms with Gasteiger partial charge in [-0.05, 0) is 26.0 Å². The lowest BCUT2D eigenvalue weighted by Crippen LogP contribution is -2.42. The number of nitrogens with zero attached hydrogens (tertiary/aromatic N) is 2. The second kappa shape index (κ2) is 5.83. The Hall–Kier alpha value is -1.30. The molecule has 112 valence electrons. The first-order valence-electron chi connectivity index (χ1n) is 7.29. The van der Waals surface area contributed by atoms with Crippen LogP contribution >= 0.6 is 11.8 Å². The summed E-state index contributed by atoms with van der Waals surface area (Å²) in [6, 6.07) is 10.4. The molecule has 0 bridgehead atoms. The quantitative estimate of drug-likeness (QED) is 0.674. The van der Waals surface area contributed by atoms with Crippen LogP contribution in [0.25, 0.3) is 10.9 Å². The number of nitrogens with one attached hydrogen (secondary N) is 1. The van der Waals surface area contributed by atoms with Crippen molar-refractivity contribution < 1.29 is 0 Å². The molecule has 1 aromatic carbocycles. The van der Waals surface area contributed by atoms with E-state index in [1.165, 1.54) is 11.3 Å². The van der Waals surface area contributed by atoms with Crippen LogP contribution in [-0.4, -0.2) is 33.5 Å². The number of fused-ring (bicyclic) bond motifs is 1. The normalized spacial score (nSPS) is 18.8. The van der Waals surface area contributed by atoms with Crippen molar-refractivity contribution in [1.29, 1.82) is 0 Å². The fourth-order valence-corrected chi connectivity index (χ4v) is 4.07. The van der Waals surface area contributed by atoms with Gasteiger partial charge in [0.2, 0.25) is 0 Å². The first kappa shape index (κ1) is 14.6. The van der Waals surface area contributed by atoms with Gasteiger partial charge in [-0.15, -0.1) is 0 Å². The number of hydrogen-bond acceptors (Lipinski definition) is 5. The maximum Gasteiger partial charge on any atom is 0.145 e. The SMILES string of the molecule is CC1(C)CN(Cc2cc3ccccc3nc2NN)CCS1. The van der Waals surface area contributed by atoms with Crippen molar-refractivity contribution in [3.63, 3.8) is 0 Å². The van der Waals surface area contributed by atoms with E-state index in [2.05, 4.69) is 41.3 Å². The Kier molecular flexibility index (Phi) is 4.06. The number of pyridine rings is 1. The summed E-state index contributed by atoms with van der Waals surface area (Å²) in [5.74, 6) is 7.63. The third-order valence-electron chi connectivity index (χ3n) is 3.84. The Bertz CT molecular complexity index is 641. The number of hydrazine groups is 1. The minimum atomic E-state index is 0.318. The number of hydrogen-bond donors (Lipinski definition) is 2. The number of nitrogen functional groups attached to an aromatic ring is 1. The monoisotopic (exact) mass is 302 g/mol. The smallest absolute Gasteiger partial charge is 0.145 e. The zero-order valence-electron chi connectivity index (χ0n) is 12.6. The third kappa shape index (κ3) is 3.31. The molecule has 0 unspecified atom stereocenters. The number of anilines is 1.